The average Bonchev–Trinajstić information content (AvgIpc) is 2.79. The molecule has 0 atom stereocenters. The summed E-state index contributed by atoms with van der Waals surface area (Å²) in [5.41, 5.74) is 0.264. The van der Waals surface area contributed by atoms with E-state index in [1.165, 1.54) is 25.6 Å². The van der Waals surface area contributed by atoms with Gasteiger partial charge in [-0.1, -0.05) is 15.9 Å². The number of fused-ring (bicyclic) bond motifs is 1. The van der Waals surface area contributed by atoms with Crippen LogP contribution in [0, 0.1) is 11.6 Å². The Morgan fingerprint density at radius 2 is 1.84 bits per heavy atom. The lowest BCUT2D eigenvalue weighted by atomic mass is 10.2. The maximum absolute atomic E-state index is 14.3. The fraction of sp³-hybridized carbons (Fsp3) is 0.364. The molecular weight excluding hydrogens is 486 g/mol. The summed E-state index contributed by atoms with van der Waals surface area (Å²) < 4.78 is 45.7. The molecule has 4 rings (SSSR count). The normalized spacial score (nSPS) is 14.5. The highest BCUT2D eigenvalue weighted by Crippen LogP contribution is 2.35. The second-order valence-corrected chi connectivity index (χ2v) is 8.18. The van der Waals surface area contributed by atoms with Crippen LogP contribution in [0.2, 0.25) is 0 Å². The molecule has 1 aliphatic rings. The van der Waals surface area contributed by atoms with Crippen molar-refractivity contribution in [3.8, 4) is 11.5 Å². The van der Waals surface area contributed by atoms with E-state index in [1.807, 2.05) is 0 Å². The first-order chi connectivity index (χ1) is 15.5. The molecule has 1 N–H and O–H groups in total. The van der Waals surface area contributed by atoms with Gasteiger partial charge in [0.2, 0.25) is 0 Å². The Balaban J connectivity index is 1.52. The predicted molar refractivity (Wildman–Crippen MR) is 121 cm³/mol. The van der Waals surface area contributed by atoms with Gasteiger partial charge in [0.1, 0.15) is 17.8 Å². The minimum atomic E-state index is -0.740. The molecule has 1 aromatic heterocycles. The molecule has 0 bridgehead atoms. The minimum Gasteiger partial charge on any atom is -0.493 e. The molecule has 0 amide bonds. The van der Waals surface area contributed by atoms with Crippen LogP contribution < -0.4 is 14.8 Å². The largest absolute Gasteiger partial charge is 0.493 e. The molecule has 0 spiro atoms. The summed E-state index contributed by atoms with van der Waals surface area (Å²) in [4.78, 5) is 10.8. The maximum atomic E-state index is 14.3. The van der Waals surface area contributed by atoms with Crippen LogP contribution in [0.15, 0.2) is 35.1 Å². The summed E-state index contributed by atoms with van der Waals surface area (Å²) in [6.45, 7) is 4.86. The highest BCUT2D eigenvalue weighted by Gasteiger charge is 2.16. The fourth-order valence-corrected chi connectivity index (χ4v) is 3.91. The number of anilines is 2. The Bertz CT molecular complexity index is 1070. The van der Waals surface area contributed by atoms with Crippen molar-refractivity contribution in [1.82, 2.24) is 14.9 Å². The van der Waals surface area contributed by atoms with Gasteiger partial charge in [-0.3, -0.25) is 4.90 Å². The van der Waals surface area contributed by atoms with E-state index in [2.05, 4.69) is 36.1 Å². The Hall–Kier alpha value is -2.56. The van der Waals surface area contributed by atoms with Crippen molar-refractivity contribution in [3.63, 3.8) is 0 Å². The zero-order valence-electron chi connectivity index (χ0n) is 17.5. The molecule has 1 aliphatic heterocycles. The summed E-state index contributed by atoms with van der Waals surface area (Å²) in [5, 5.41) is 3.28. The number of methoxy groups -OCH3 is 1. The zero-order chi connectivity index (χ0) is 22.5. The van der Waals surface area contributed by atoms with Crippen molar-refractivity contribution in [2.75, 3.05) is 51.9 Å². The van der Waals surface area contributed by atoms with E-state index >= 15 is 0 Å². The van der Waals surface area contributed by atoms with E-state index < -0.39 is 11.6 Å². The Kier molecular flexibility index (Phi) is 7.33. The number of rotatable bonds is 8. The summed E-state index contributed by atoms with van der Waals surface area (Å²) in [5.74, 6) is -0.190. The first kappa shape index (κ1) is 22.6. The molecule has 0 aliphatic carbocycles. The monoisotopic (exact) mass is 508 g/mol. The fourth-order valence-electron chi connectivity index (χ4n) is 3.51. The Labute approximate surface area is 192 Å². The zero-order valence-corrected chi connectivity index (χ0v) is 19.1. The van der Waals surface area contributed by atoms with Gasteiger partial charge in [0, 0.05) is 35.6 Å². The third-order valence-corrected chi connectivity index (χ3v) is 5.61. The lowest BCUT2D eigenvalue weighted by molar-refractivity contribution is 0.0357. The second-order valence-electron chi connectivity index (χ2n) is 7.27. The highest BCUT2D eigenvalue weighted by atomic mass is 79.9. The van der Waals surface area contributed by atoms with Crippen LogP contribution in [0.4, 0.5) is 20.3 Å². The van der Waals surface area contributed by atoms with Crippen molar-refractivity contribution in [1.29, 1.82) is 0 Å². The van der Waals surface area contributed by atoms with Crippen molar-refractivity contribution in [2.45, 2.75) is 6.42 Å². The Morgan fingerprint density at radius 3 is 2.56 bits per heavy atom. The quantitative estimate of drug-likeness (QED) is 0.448. The number of nitrogens with one attached hydrogen (secondary N) is 1. The standard InChI is InChI=1S/C22H23BrF2N4O3/c1-30-19-11-15-18(12-20(19)32-6-2-3-29-4-7-31-8-5-29)26-13-27-22(15)28-21-16(24)9-14(23)10-17(21)25/h9-13H,2-8H2,1H3,(H,26,27,28). The topological polar surface area (TPSA) is 68.7 Å². The van der Waals surface area contributed by atoms with Gasteiger partial charge in [-0.2, -0.15) is 0 Å². The number of hydrogen-bond acceptors (Lipinski definition) is 7. The molecule has 1 fully saturated rings. The first-order valence-corrected chi connectivity index (χ1v) is 11.0. The average molecular weight is 509 g/mol. The highest BCUT2D eigenvalue weighted by molar-refractivity contribution is 9.10. The molecule has 0 unspecified atom stereocenters. The molecular formula is C22H23BrF2N4O3. The molecule has 0 saturated carbocycles. The first-order valence-electron chi connectivity index (χ1n) is 10.2. The summed E-state index contributed by atoms with van der Waals surface area (Å²) in [6.07, 6.45) is 2.19. The smallest absolute Gasteiger partial charge is 0.163 e. The van der Waals surface area contributed by atoms with Crippen LogP contribution in [0.5, 0.6) is 11.5 Å². The maximum Gasteiger partial charge on any atom is 0.163 e. The van der Waals surface area contributed by atoms with E-state index in [0.717, 1.165) is 39.3 Å². The summed E-state index contributed by atoms with van der Waals surface area (Å²) >= 11 is 3.08. The van der Waals surface area contributed by atoms with Gasteiger partial charge >= 0.3 is 0 Å². The van der Waals surface area contributed by atoms with E-state index in [-0.39, 0.29) is 11.5 Å². The van der Waals surface area contributed by atoms with Crippen LogP contribution in [0.25, 0.3) is 10.9 Å². The number of nitrogens with zero attached hydrogens (tertiary/aromatic N) is 3. The van der Waals surface area contributed by atoms with Gasteiger partial charge in [-0.15, -0.1) is 0 Å². The SMILES string of the molecule is COc1cc2c(Nc3c(F)cc(Br)cc3F)ncnc2cc1OCCCN1CCOCC1. The number of halogens is 3. The molecule has 170 valence electrons. The van der Waals surface area contributed by atoms with Crippen LogP contribution in [0.1, 0.15) is 6.42 Å². The number of hydrogen-bond donors (Lipinski definition) is 1. The molecule has 7 nitrogen and oxygen atoms in total. The van der Waals surface area contributed by atoms with Crippen LogP contribution >= 0.6 is 15.9 Å². The number of morpholine rings is 1. The van der Waals surface area contributed by atoms with E-state index in [4.69, 9.17) is 14.2 Å². The van der Waals surface area contributed by atoms with Gasteiger partial charge in [-0.25, -0.2) is 18.7 Å². The van der Waals surface area contributed by atoms with Gasteiger partial charge in [0.25, 0.3) is 0 Å². The van der Waals surface area contributed by atoms with Crippen LogP contribution in [-0.2, 0) is 4.74 Å². The third kappa shape index (κ3) is 5.25. The van der Waals surface area contributed by atoms with E-state index in [0.29, 0.717) is 33.5 Å². The molecule has 0 radical (unpaired) electrons. The van der Waals surface area contributed by atoms with E-state index in [1.54, 1.807) is 12.1 Å². The molecule has 32 heavy (non-hydrogen) atoms. The Morgan fingerprint density at radius 1 is 1.09 bits per heavy atom. The van der Waals surface area contributed by atoms with Gasteiger partial charge in [-0.05, 0) is 24.6 Å². The van der Waals surface area contributed by atoms with Crippen molar-refractivity contribution in [2.24, 2.45) is 0 Å². The van der Waals surface area contributed by atoms with Crippen molar-refractivity contribution < 1.29 is 23.0 Å². The number of benzene rings is 2. The predicted octanol–water partition coefficient (Wildman–Crippen LogP) is 4.52. The third-order valence-electron chi connectivity index (χ3n) is 5.15. The van der Waals surface area contributed by atoms with Crippen molar-refractivity contribution >= 4 is 38.3 Å². The molecule has 1 saturated heterocycles. The minimum absolute atomic E-state index is 0.257. The lowest BCUT2D eigenvalue weighted by Gasteiger charge is -2.26. The molecule has 2 heterocycles. The summed E-state index contributed by atoms with van der Waals surface area (Å²) in [7, 11) is 1.53. The van der Waals surface area contributed by atoms with Gasteiger partial charge in [0.05, 0.1) is 32.4 Å². The van der Waals surface area contributed by atoms with Crippen molar-refractivity contribution in [3.05, 3.63) is 46.7 Å². The molecule has 3 aromatic rings. The number of ether oxygens (including phenoxy) is 3. The number of aromatic nitrogens is 2. The lowest BCUT2D eigenvalue weighted by Crippen LogP contribution is -2.37. The van der Waals surface area contributed by atoms with Gasteiger partial charge < -0.3 is 19.5 Å². The van der Waals surface area contributed by atoms with Gasteiger partial charge in [0.15, 0.2) is 23.1 Å². The van der Waals surface area contributed by atoms with E-state index in [9.17, 15) is 8.78 Å². The van der Waals surface area contributed by atoms with Crippen LogP contribution in [0.3, 0.4) is 0 Å². The second kappa shape index (κ2) is 10.4. The molecule has 2 aromatic carbocycles. The molecule has 10 heteroatoms. The van der Waals surface area contributed by atoms with Crippen LogP contribution in [-0.4, -0.2) is 61.4 Å². The summed E-state index contributed by atoms with van der Waals surface area (Å²) in [6, 6.07) is 5.80.